The number of aliphatic hydroxyl groups is 2. The Labute approximate surface area is 96.1 Å². The van der Waals surface area contributed by atoms with E-state index in [0.29, 0.717) is 0 Å². The largest absolute Gasteiger partial charge is 0.395 e. The third-order valence-corrected chi connectivity index (χ3v) is 2.78. The van der Waals surface area contributed by atoms with Crippen molar-refractivity contribution in [3.63, 3.8) is 0 Å². The van der Waals surface area contributed by atoms with E-state index in [4.69, 9.17) is 10.2 Å². The van der Waals surface area contributed by atoms with E-state index in [2.05, 4.69) is 14.9 Å². The highest BCUT2D eigenvalue weighted by atomic mass is 16.3. The lowest BCUT2D eigenvalue weighted by Gasteiger charge is -2.20. The number of aromatic nitrogens is 2. The van der Waals surface area contributed by atoms with Crippen LogP contribution in [-0.4, -0.2) is 45.1 Å². The molecule has 1 unspecified atom stereocenters. The average Bonchev–Trinajstić information content (AvgIpc) is 2.58. The summed E-state index contributed by atoms with van der Waals surface area (Å²) < 4.78 is 2.07. The van der Waals surface area contributed by atoms with Crippen LogP contribution in [0.4, 0.5) is 0 Å². The van der Waals surface area contributed by atoms with E-state index in [9.17, 15) is 0 Å². The first-order valence-corrected chi connectivity index (χ1v) is 5.54. The van der Waals surface area contributed by atoms with E-state index < -0.39 is 0 Å². The highest BCUT2D eigenvalue weighted by molar-refractivity contribution is 5.08. The SMILES string of the molecule is Cc1ncn(CC(C)NC(CO)CO)c1C. The monoisotopic (exact) mass is 227 g/mol. The molecule has 0 spiro atoms. The predicted molar refractivity (Wildman–Crippen MR) is 62.3 cm³/mol. The van der Waals surface area contributed by atoms with Gasteiger partial charge in [-0.1, -0.05) is 0 Å². The minimum Gasteiger partial charge on any atom is -0.395 e. The molecule has 3 N–H and O–H groups in total. The molecule has 5 heteroatoms. The number of nitrogens with zero attached hydrogens (tertiary/aromatic N) is 2. The van der Waals surface area contributed by atoms with Crippen molar-refractivity contribution in [3.05, 3.63) is 17.7 Å². The van der Waals surface area contributed by atoms with Gasteiger partial charge in [-0.05, 0) is 20.8 Å². The van der Waals surface area contributed by atoms with Gasteiger partial charge in [-0.15, -0.1) is 0 Å². The van der Waals surface area contributed by atoms with Crippen molar-refractivity contribution in [2.45, 2.75) is 39.4 Å². The molecule has 1 rings (SSSR count). The summed E-state index contributed by atoms with van der Waals surface area (Å²) in [7, 11) is 0. The highest BCUT2D eigenvalue weighted by Gasteiger charge is 2.11. The Hall–Kier alpha value is -0.910. The van der Waals surface area contributed by atoms with Crippen molar-refractivity contribution in [1.82, 2.24) is 14.9 Å². The normalized spacial score (nSPS) is 13.4. The lowest BCUT2D eigenvalue weighted by Crippen LogP contribution is -2.43. The standard InChI is InChI=1S/C11H21N3O2/c1-8(13-11(5-15)6-16)4-14-7-12-9(2)10(14)3/h7-8,11,13,15-16H,4-6H2,1-3H3. The molecular weight excluding hydrogens is 206 g/mol. The number of hydrogen-bond donors (Lipinski definition) is 3. The molecule has 0 saturated heterocycles. The smallest absolute Gasteiger partial charge is 0.0951 e. The summed E-state index contributed by atoms with van der Waals surface area (Å²) in [6, 6.07) is -0.0727. The maximum atomic E-state index is 8.96. The molecule has 16 heavy (non-hydrogen) atoms. The molecule has 0 aliphatic carbocycles. The molecule has 0 aliphatic heterocycles. The van der Waals surface area contributed by atoms with Crippen LogP contribution in [0.1, 0.15) is 18.3 Å². The number of aryl methyl sites for hydroxylation is 1. The average molecular weight is 227 g/mol. The second-order valence-corrected chi connectivity index (χ2v) is 4.20. The molecule has 0 aromatic carbocycles. The Morgan fingerprint density at radius 1 is 1.38 bits per heavy atom. The van der Waals surface area contributed by atoms with E-state index in [-0.39, 0.29) is 25.3 Å². The van der Waals surface area contributed by atoms with Gasteiger partial charge in [0.1, 0.15) is 0 Å². The van der Waals surface area contributed by atoms with Gasteiger partial charge in [-0.25, -0.2) is 4.98 Å². The molecule has 0 saturated carbocycles. The zero-order valence-corrected chi connectivity index (χ0v) is 10.1. The predicted octanol–water partition coefficient (Wildman–Crippen LogP) is -0.169. The summed E-state index contributed by atoms with van der Waals surface area (Å²) in [6.45, 7) is 6.71. The summed E-state index contributed by atoms with van der Waals surface area (Å²) in [5, 5.41) is 21.1. The summed E-state index contributed by atoms with van der Waals surface area (Å²) in [5.41, 5.74) is 2.19. The molecule has 92 valence electrons. The van der Waals surface area contributed by atoms with Gasteiger partial charge in [0.25, 0.3) is 0 Å². The van der Waals surface area contributed by atoms with Gasteiger partial charge in [0.15, 0.2) is 0 Å². The minimum absolute atomic E-state index is 0.0528. The molecule has 5 nitrogen and oxygen atoms in total. The van der Waals surface area contributed by atoms with Gasteiger partial charge in [0, 0.05) is 18.3 Å². The Balaban J connectivity index is 2.51. The van der Waals surface area contributed by atoms with Crippen LogP contribution in [0.25, 0.3) is 0 Å². The second-order valence-electron chi connectivity index (χ2n) is 4.20. The number of rotatable bonds is 6. The van der Waals surface area contributed by atoms with Crippen molar-refractivity contribution in [1.29, 1.82) is 0 Å². The van der Waals surface area contributed by atoms with E-state index >= 15 is 0 Å². The van der Waals surface area contributed by atoms with Gasteiger partial charge in [0.05, 0.1) is 31.3 Å². The molecule has 0 amide bonds. The number of nitrogens with one attached hydrogen (secondary N) is 1. The minimum atomic E-state index is -0.250. The van der Waals surface area contributed by atoms with Crippen LogP contribution >= 0.6 is 0 Å². The lowest BCUT2D eigenvalue weighted by molar-refractivity contribution is 0.161. The Bertz CT molecular complexity index is 321. The van der Waals surface area contributed by atoms with Crippen LogP contribution in [-0.2, 0) is 6.54 Å². The molecular formula is C11H21N3O2. The van der Waals surface area contributed by atoms with Gasteiger partial charge < -0.3 is 20.1 Å². The molecule has 0 radical (unpaired) electrons. The summed E-state index contributed by atoms with van der Waals surface area (Å²) >= 11 is 0. The first-order valence-electron chi connectivity index (χ1n) is 5.54. The fraction of sp³-hybridized carbons (Fsp3) is 0.727. The van der Waals surface area contributed by atoms with Crippen molar-refractivity contribution < 1.29 is 10.2 Å². The van der Waals surface area contributed by atoms with E-state index in [1.54, 1.807) is 0 Å². The van der Waals surface area contributed by atoms with Crippen LogP contribution in [0, 0.1) is 13.8 Å². The molecule has 1 heterocycles. The highest BCUT2D eigenvalue weighted by Crippen LogP contribution is 2.05. The maximum absolute atomic E-state index is 8.96. The van der Waals surface area contributed by atoms with Crippen molar-refractivity contribution in [2.24, 2.45) is 0 Å². The lowest BCUT2D eigenvalue weighted by atomic mass is 10.2. The Morgan fingerprint density at radius 3 is 2.44 bits per heavy atom. The second kappa shape index (κ2) is 5.98. The fourth-order valence-electron chi connectivity index (χ4n) is 1.64. The Morgan fingerprint density at radius 2 is 2.00 bits per heavy atom. The van der Waals surface area contributed by atoms with Crippen LogP contribution < -0.4 is 5.32 Å². The molecule has 1 atom stereocenters. The van der Waals surface area contributed by atoms with Gasteiger partial charge in [-0.3, -0.25) is 0 Å². The van der Waals surface area contributed by atoms with Crippen LogP contribution in [0.5, 0.6) is 0 Å². The van der Waals surface area contributed by atoms with Crippen LogP contribution in [0.15, 0.2) is 6.33 Å². The topological polar surface area (TPSA) is 70.3 Å². The fourth-order valence-corrected chi connectivity index (χ4v) is 1.64. The number of aliphatic hydroxyl groups excluding tert-OH is 2. The molecule has 0 fully saturated rings. The van der Waals surface area contributed by atoms with Crippen LogP contribution in [0.2, 0.25) is 0 Å². The summed E-state index contributed by atoms with van der Waals surface area (Å²) in [5.74, 6) is 0. The van der Waals surface area contributed by atoms with E-state index in [1.807, 2.05) is 27.1 Å². The van der Waals surface area contributed by atoms with E-state index in [0.717, 1.165) is 17.9 Å². The third kappa shape index (κ3) is 3.30. The summed E-state index contributed by atoms with van der Waals surface area (Å²) in [4.78, 5) is 4.23. The van der Waals surface area contributed by atoms with Crippen molar-refractivity contribution >= 4 is 0 Å². The van der Waals surface area contributed by atoms with Gasteiger partial charge in [0.2, 0.25) is 0 Å². The molecule has 0 bridgehead atoms. The quantitative estimate of drug-likeness (QED) is 0.631. The van der Waals surface area contributed by atoms with Gasteiger partial charge >= 0.3 is 0 Å². The third-order valence-electron chi connectivity index (χ3n) is 2.78. The number of hydrogen-bond acceptors (Lipinski definition) is 4. The summed E-state index contributed by atoms with van der Waals surface area (Å²) in [6.07, 6.45) is 1.82. The zero-order chi connectivity index (χ0) is 12.1. The maximum Gasteiger partial charge on any atom is 0.0951 e. The molecule has 1 aromatic rings. The van der Waals surface area contributed by atoms with Gasteiger partial charge in [-0.2, -0.15) is 0 Å². The number of imidazole rings is 1. The van der Waals surface area contributed by atoms with Crippen molar-refractivity contribution in [2.75, 3.05) is 13.2 Å². The Kier molecular flexibility index (Phi) is 4.92. The first-order chi connectivity index (χ1) is 7.58. The zero-order valence-electron chi connectivity index (χ0n) is 10.1. The van der Waals surface area contributed by atoms with Crippen LogP contribution in [0.3, 0.4) is 0 Å². The van der Waals surface area contributed by atoms with Crippen molar-refractivity contribution in [3.8, 4) is 0 Å². The van der Waals surface area contributed by atoms with E-state index in [1.165, 1.54) is 0 Å². The molecule has 1 aromatic heterocycles. The first kappa shape index (κ1) is 13.2. The molecule has 0 aliphatic rings.